The highest BCUT2D eigenvalue weighted by Gasteiger charge is 2.23. The molecular formula is C16H21BrN4O2. The topological polar surface area (TPSA) is 52.4 Å². The first-order chi connectivity index (χ1) is 11.3. The first-order valence-electron chi connectivity index (χ1n) is 8.26. The van der Waals surface area contributed by atoms with Crippen molar-refractivity contribution in [1.82, 2.24) is 19.9 Å². The second-order valence-corrected chi connectivity index (χ2v) is 7.06. The number of nitrogens with zero attached hydrogens (tertiary/aromatic N) is 4. The molecule has 0 bridgehead atoms. The van der Waals surface area contributed by atoms with E-state index in [1.807, 2.05) is 10.7 Å². The number of fused-ring (bicyclic) bond motifs is 1. The zero-order valence-corrected chi connectivity index (χ0v) is 14.7. The monoisotopic (exact) mass is 380 g/mol. The minimum atomic E-state index is 0.667. The van der Waals surface area contributed by atoms with E-state index in [-0.39, 0.29) is 0 Å². The van der Waals surface area contributed by atoms with Crippen molar-refractivity contribution >= 4 is 27.0 Å². The van der Waals surface area contributed by atoms with Crippen molar-refractivity contribution < 1.29 is 9.47 Å². The predicted molar refractivity (Wildman–Crippen MR) is 90.7 cm³/mol. The molecule has 0 amide bonds. The fourth-order valence-corrected chi connectivity index (χ4v) is 3.42. The SMILES string of the molecule is Brc1c(OCCN2CCOCC2)ccc2c1nnn2CC1CC1. The Balaban J connectivity index is 1.41. The molecular weight excluding hydrogens is 360 g/mol. The molecule has 23 heavy (non-hydrogen) atoms. The maximum Gasteiger partial charge on any atom is 0.135 e. The summed E-state index contributed by atoms with van der Waals surface area (Å²) < 4.78 is 14.2. The second-order valence-electron chi connectivity index (χ2n) is 6.26. The Morgan fingerprint density at radius 1 is 1.26 bits per heavy atom. The maximum atomic E-state index is 5.94. The summed E-state index contributed by atoms with van der Waals surface area (Å²) in [5.41, 5.74) is 1.96. The summed E-state index contributed by atoms with van der Waals surface area (Å²) in [4.78, 5) is 2.36. The third-order valence-corrected chi connectivity index (χ3v) is 5.25. The third-order valence-electron chi connectivity index (χ3n) is 4.49. The zero-order valence-electron chi connectivity index (χ0n) is 13.1. The third kappa shape index (κ3) is 3.51. The van der Waals surface area contributed by atoms with Crippen LogP contribution >= 0.6 is 15.9 Å². The van der Waals surface area contributed by atoms with Crippen LogP contribution in [0.5, 0.6) is 5.75 Å². The highest BCUT2D eigenvalue weighted by Crippen LogP contribution is 2.34. The molecule has 1 saturated heterocycles. The molecule has 4 rings (SSSR count). The molecule has 124 valence electrons. The number of rotatable bonds is 6. The van der Waals surface area contributed by atoms with Crippen LogP contribution in [0.15, 0.2) is 16.6 Å². The van der Waals surface area contributed by atoms with Crippen molar-refractivity contribution in [2.24, 2.45) is 5.92 Å². The zero-order chi connectivity index (χ0) is 15.6. The molecule has 6 nitrogen and oxygen atoms in total. The van der Waals surface area contributed by atoms with Gasteiger partial charge in [-0.2, -0.15) is 0 Å². The van der Waals surface area contributed by atoms with E-state index in [9.17, 15) is 0 Å². The molecule has 0 N–H and O–H groups in total. The van der Waals surface area contributed by atoms with Crippen LogP contribution in [-0.4, -0.2) is 59.3 Å². The largest absolute Gasteiger partial charge is 0.491 e. The molecule has 1 aromatic heterocycles. The van der Waals surface area contributed by atoms with Crippen molar-refractivity contribution in [2.75, 3.05) is 39.5 Å². The summed E-state index contributed by atoms with van der Waals surface area (Å²) >= 11 is 3.63. The van der Waals surface area contributed by atoms with Crippen molar-refractivity contribution in [3.63, 3.8) is 0 Å². The van der Waals surface area contributed by atoms with E-state index in [1.165, 1.54) is 12.8 Å². The lowest BCUT2D eigenvalue weighted by Crippen LogP contribution is -2.38. The number of hydrogen-bond donors (Lipinski definition) is 0. The van der Waals surface area contributed by atoms with Crippen LogP contribution in [0.4, 0.5) is 0 Å². The second kappa shape index (κ2) is 6.75. The summed E-state index contributed by atoms with van der Waals surface area (Å²) in [7, 11) is 0. The van der Waals surface area contributed by atoms with Crippen LogP contribution in [0, 0.1) is 5.92 Å². The molecule has 7 heteroatoms. The standard InChI is InChI=1S/C16H21BrN4O2/c17-15-14(23-10-7-20-5-8-22-9-6-20)4-3-13-16(15)18-19-21(13)11-12-1-2-12/h3-4,12H,1-2,5-11H2. The molecule has 1 aliphatic heterocycles. The van der Waals surface area contributed by atoms with Gasteiger partial charge in [-0.15, -0.1) is 5.10 Å². The molecule has 1 aromatic carbocycles. The van der Waals surface area contributed by atoms with E-state index in [2.05, 4.69) is 37.2 Å². The average molecular weight is 381 g/mol. The quantitative estimate of drug-likeness (QED) is 0.769. The number of aromatic nitrogens is 3. The molecule has 2 fully saturated rings. The Kier molecular flexibility index (Phi) is 4.50. The molecule has 2 aliphatic rings. The molecule has 0 atom stereocenters. The van der Waals surface area contributed by atoms with Crippen LogP contribution in [0.3, 0.4) is 0 Å². The molecule has 0 unspecified atom stereocenters. The van der Waals surface area contributed by atoms with Crippen LogP contribution in [0.2, 0.25) is 0 Å². The highest BCUT2D eigenvalue weighted by atomic mass is 79.9. The van der Waals surface area contributed by atoms with Crippen LogP contribution in [0.25, 0.3) is 11.0 Å². The average Bonchev–Trinajstić information content (AvgIpc) is 3.30. The van der Waals surface area contributed by atoms with Gasteiger partial charge in [-0.3, -0.25) is 4.90 Å². The summed E-state index contributed by atoms with van der Waals surface area (Å²) in [5, 5.41) is 8.61. The van der Waals surface area contributed by atoms with E-state index in [1.54, 1.807) is 0 Å². The summed E-state index contributed by atoms with van der Waals surface area (Å²) in [6, 6.07) is 4.07. The van der Waals surface area contributed by atoms with Gasteiger partial charge >= 0.3 is 0 Å². The van der Waals surface area contributed by atoms with E-state index in [0.717, 1.165) is 66.6 Å². The molecule has 2 heterocycles. The van der Waals surface area contributed by atoms with Crippen LogP contribution in [-0.2, 0) is 11.3 Å². The van der Waals surface area contributed by atoms with Gasteiger partial charge < -0.3 is 9.47 Å². The predicted octanol–water partition coefficient (Wildman–Crippen LogP) is 2.31. The fraction of sp³-hybridized carbons (Fsp3) is 0.625. The lowest BCUT2D eigenvalue weighted by molar-refractivity contribution is 0.0322. The van der Waals surface area contributed by atoms with Crippen molar-refractivity contribution in [2.45, 2.75) is 19.4 Å². The van der Waals surface area contributed by atoms with E-state index in [0.29, 0.717) is 6.61 Å². The van der Waals surface area contributed by atoms with Gasteiger partial charge in [0.2, 0.25) is 0 Å². The minimum Gasteiger partial charge on any atom is -0.491 e. The molecule has 1 saturated carbocycles. The number of benzene rings is 1. The van der Waals surface area contributed by atoms with E-state index in [4.69, 9.17) is 9.47 Å². The molecule has 0 spiro atoms. The van der Waals surface area contributed by atoms with Crippen LogP contribution < -0.4 is 4.74 Å². The molecule has 1 aliphatic carbocycles. The number of hydrogen-bond acceptors (Lipinski definition) is 5. The van der Waals surface area contributed by atoms with Gasteiger partial charge in [-0.25, -0.2) is 4.68 Å². The number of morpholine rings is 1. The Labute approximate surface area is 143 Å². The normalized spacial score (nSPS) is 19.3. The summed E-state index contributed by atoms with van der Waals surface area (Å²) in [5.74, 6) is 1.62. The van der Waals surface area contributed by atoms with Gasteiger partial charge in [-0.05, 0) is 46.8 Å². The van der Waals surface area contributed by atoms with Gasteiger partial charge in [0.05, 0.1) is 23.2 Å². The Morgan fingerprint density at radius 2 is 2.09 bits per heavy atom. The Bertz CT molecular complexity index is 680. The van der Waals surface area contributed by atoms with Crippen molar-refractivity contribution in [3.05, 3.63) is 16.6 Å². The van der Waals surface area contributed by atoms with Crippen LogP contribution in [0.1, 0.15) is 12.8 Å². The van der Waals surface area contributed by atoms with E-state index >= 15 is 0 Å². The summed E-state index contributed by atoms with van der Waals surface area (Å²) in [6.45, 7) is 6.17. The Morgan fingerprint density at radius 3 is 2.87 bits per heavy atom. The lowest BCUT2D eigenvalue weighted by atomic mass is 10.3. The van der Waals surface area contributed by atoms with Crippen molar-refractivity contribution in [3.8, 4) is 5.75 Å². The van der Waals surface area contributed by atoms with Gasteiger partial charge in [0, 0.05) is 26.2 Å². The molecule has 2 aromatic rings. The van der Waals surface area contributed by atoms with Gasteiger partial charge in [0.1, 0.15) is 17.9 Å². The minimum absolute atomic E-state index is 0.667. The molecule has 0 radical (unpaired) electrons. The van der Waals surface area contributed by atoms with Gasteiger partial charge in [0.25, 0.3) is 0 Å². The highest BCUT2D eigenvalue weighted by molar-refractivity contribution is 9.10. The summed E-state index contributed by atoms with van der Waals surface area (Å²) in [6.07, 6.45) is 2.62. The van der Waals surface area contributed by atoms with Gasteiger partial charge in [-0.1, -0.05) is 5.21 Å². The first kappa shape index (κ1) is 15.4. The number of halogens is 1. The first-order valence-corrected chi connectivity index (χ1v) is 9.05. The van der Waals surface area contributed by atoms with Crippen molar-refractivity contribution in [1.29, 1.82) is 0 Å². The maximum absolute atomic E-state index is 5.94. The van der Waals surface area contributed by atoms with Gasteiger partial charge in [0.15, 0.2) is 0 Å². The fourth-order valence-electron chi connectivity index (χ4n) is 2.89. The Hall–Kier alpha value is -1.18. The lowest BCUT2D eigenvalue weighted by Gasteiger charge is -2.26. The smallest absolute Gasteiger partial charge is 0.135 e. The number of ether oxygens (including phenoxy) is 2. The van der Waals surface area contributed by atoms with E-state index < -0.39 is 0 Å².